The third-order valence-corrected chi connectivity index (χ3v) is 5.48. The molecule has 0 aliphatic rings. The SMILES string of the molecule is Cc1cc2c(cc1C)[n+](Cc1ccccc1)cn2Cc1ccc(Br)cc1.[Br-]. The van der Waals surface area contributed by atoms with Crippen LogP contribution in [0.2, 0.25) is 0 Å². The Morgan fingerprint density at radius 2 is 1.52 bits per heavy atom. The third kappa shape index (κ3) is 4.33. The van der Waals surface area contributed by atoms with Gasteiger partial charge in [0.05, 0.1) is 0 Å². The highest BCUT2D eigenvalue weighted by Gasteiger charge is 2.17. The van der Waals surface area contributed by atoms with Gasteiger partial charge in [-0.1, -0.05) is 58.4 Å². The first-order chi connectivity index (χ1) is 12.6. The maximum Gasteiger partial charge on any atom is 0.245 e. The molecule has 4 aromatic rings. The molecule has 0 aliphatic heterocycles. The second kappa shape index (κ2) is 8.41. The molecule has 0 spiro atoms. The van der Waals surface area contributed by atoms with Gasteiger partial charge in [0.25, 0.3) is 0 Å². The summed E-state index contributed by atoms with van der Waals surface area (Å²) < 4.78 is 5.83. The molecule has 0 aliphatic carbocycles. The zero-order valence-electron chi connectivity index (χ0n) is 15.5. The van der Waals surface area contributed by atoms with Crippen molar-refractivity contribution in [1.82, 2.24) is 4.57 Å². The number of aryl methyl sites for hydroxylation is 2. The molecule has 0 atom stereocenters. The summed E-state index contributed by atoms with van der Waals surface area (Å²) in [6.07, 6.45) is 2.25. The quantitative estimate of drug-likeness (QED) is 0.392. The highest BCUT2D eigenvalue weighted by atomic mass is 79.9. The van der Waals surface area contributed by atoms with Crippen LogP contribution in [0, 0.1) is 13.8 Å². The van der Waals surface area contributed by atoms with Gasteiger partial charge in [-0.2, -0.15) is 0 Å². The van der Waals surface area contributed by atoms with Crippen LogP contribution in [0.15, 0.2) is 77.5 Å². The molecule has 0 N–H and O–H groups in total. The number of nitrogens with zero attached hydrogens (tertiary/aromatic N) is 2. The molecular formula is C23H22Br2N2. The van der Waals surface area contributed by atoms with Crippen molar-refractivity contribution >= 4 is 27.0 Å². The largest absolute Gasteiger partial charge is 1.00 e. The van der Waals surface area contributed by atoms with E-state index in [1.165, 1.54) is 33.3 Å². The third-order valence-electron chi connectivity index (χ3n) is 4.95. The second-order valence-electron chi connectivity index (χ2n) is 6.91. The lowest BCUT2D eigenvalue weighted by atomic mass is 10.1. The van der Waals surface area contributed by atoms with Gasteiger partial charge in [-0.25, -0.2) is 9.13 Å². The van der Waals surface area contributed by atoms with Crippen molar-refractivity contribution in [2.75, 3.05) is 0 Å². The average molecular weight is 486 g/mol. The number of fused-ring (bicyclic) bond motifs is 1. The van der Waals surface area contributed by atoms with E-state index in [1.54, 1.807) is 0 Å². The lowest BCUT2D eigenvalue weighted by Crippen LogP contribution is -3.00. The van der Waals surface area contributed by atoms with Gasteiger partial charge in [0.1, 0.15) is 13.1 Å². The van der Waals surface area contributed by atoms with Crippen LogP contribution in [0.1, 0.15) is 22.3 Å². The van der Waals surface area contributed by atoms with E-state index in [0.29, 0.717) is 0 Å². The molecule has 1 heterocycles. The summed E-state index contributed by atoms with van der Waals surface area (Å²) in [5.74, 6) is 0. The summed E-state index contributed by atoms with van der Waals surface area (Å²) in [4.78, 5) is 0. The molecule has 0 saturated carbocycles. The molecule has 0 saturated heterocycles. The minimum atomic E-state index is 0. The van der Waals surface area contributed by atoms with Crippen molar-refractivity contribution in [2.45, 2.75) is 26.9 Å². The Kier molecular flexibility index (Phi) is 6.18. The van der Waals surface area contributed by atoms with Crippen LogP contribution in [0.4, 0.5) is 0 Å². The topological polar surface area (TPSA) is 8.81 Å². The molecule has 0 unspecified atom stereocenters. The number of halogens is 2. The van der Waals surface area contributed by atoms with Crippen LogP contribution in [0.5, 0.6) is 0 Å². The molecule has 27 heavy (non-hydrogen) atoms. The van der Waals surface area contributed by atoms with Gasteiger partial charge < -0.3 is 17.0 Å². The number of hydrogen-bond donors (Lipinski definition) is 0. The molecule has 2 nitrogen and oxygen atoms in total. The van der Waals surface area contributed by atoms with Crippen LogP contribution in [0.3, 0.4) is 0 Å². The molecule has 1 aromatic heterocycles. The molecule has 3 aromatic carbocycles. The highest BCUT2D eigenvalue weighted by Crippen LogP contribution is 2.20. The lowest BCUT2D eigenvalue weighted by molar-refractivity contribution is -0.663. The molecule has 4 heteroatoms. The van der Waals surface area contributed by atoms with Crippen LogP contribution < -0.4 is 21.5 Å². The summed E-state index contributed by atoms with van der Waals surface area (Å²) in [5.41, 5.74) is 7.86. The van der Waals surface area contributed by atoms with Gasteiger partial charge >= 0.3 is 0 Å². The highest BCUT2D eigenvalue weighted by molar-refractivity contribution is 9.10. The van der Waals surface area contributed by atoms with Crippen LogP contribution in [0.25, 0.3) is 11.0 Å². The summed E-state index contributed by atoms with van der Waals surface area (Å²) in [7, 11) is 0. The molecule has 0 bridgehead atoms. The molecule has 0 fully saturated rings. The Morgan fingerprint density at radius 1 is 0.852 bits per heavy atom. The number of rotatable bonds is 4. The summed E-state index contributed by atoms with van der Waals surface area (Å²) in [6, 6.07) is 23.8. The predicted molar refractivity (Wildman–Crippen MR) is 110 cm³/mol. The molecule has 0 amide bonds. The summed E-state index contributed by atoms with van der Waals surface area (Å²) >= 11 is 3.52. The first kappa shape index (κ1) is 19.8. The monoisotopic (exact) mass is 484 g/mol. The van der Waals surface area contributed by atoms with Crippen molar-refractivity contribution in [3.63, 3.8) is 0 Å². The van der Waals surface area contributed by atoms with Crippen LogP contribution in [-0.4, -0.2) is 4.57 Å². The van der Waals surface area contributed by atoms with Gasteiger partial charge in [0.2, 0.25) is 6.33 Å². The van der Waals surface area contributed by atoms with E-state index < -0.39 is 0 Å². The van der Waals surface area contributed by atoms with Gasteiger partial charge in [0.15, 0.2) is 11.0 Å². The van der Waals surface area contributed by atoms with Crippen LogP contribution >= 0.6 is 15.9 Å². The Labute approximate surface area is 179 Å². The van der Waals surface area contributed by atoms with Crippen molar-refractivity contribution in [3.05, 3.63) is 99.8 Å². The van der Waals surface area contributed by atoms with Crippen molar-refractivity contribution in [3.8, 4) is 0 Å². The predicted octanol–water partition coefficient (Wildman–Crippen LogP) is 2.41. The second-order valence-corrected chi connectivity index (χ2v) is 7.82. The van der Waals surface area contributed by atoms with E-state index in [4.69, 9.17) is 0 Å². The van der Waals surface area contributed by atoms with Gasteiger partial charge in [-0.15, -0.1) is 0 Å². The van der Waals surface area contributed by atoms with Gasteiger partial charge in [0, 0.05) is 4.47 Å². The Bertz CT molecular complexity index is 1050. The smallest absolute Gasteiger partial charge is 0.245 e. The Hall–Kier alpha value is -1.91. The molecular weight excluding hydrogens is 464 g/mol. The minimum absolute atomic E-state index is 0. The molecule has 138 valence electrons. The Morgan fingerprint density at radius 3 is 2.22 bits per heavy atom. The molecule has 0 radical (unpaired) electrons. The maximum absolute atomic E-state index is 3.52. The van der Waals surface area contributed by atoms with E-state index in [0.717, 1.165) is 17.6 Å². The zero-order valence-corrected chi connectivity index (χ0v) is 18.7. The Balaban J connectivity index is 0.00000210. The first-order valence-corrected chi connectivity index (χ1v) is 9.67. The number of imidazole rings is 1. The van der Waals surface area contributed by atoms with E-state index >= 15 is 0 Å². The van der Waals surface area contributed by atoms with Gasteiger partial charge in [-0.3, -0.25) is 0 Å². The van der Waals surface area contributed by atoms with Crippen LogP contribution in [-0.2, 0) is 13.1 Å². The summed E-state index contributed by atoms with van der Waals surface area (Å²) in [5, 5.41) is 0. The standard InChI is InChI=1S/C23H22BrN2.BrH/c1-17-12-22-23(13-18(17)2)26(15-20-8-10-21(24)11-9-20)16-25(22)14-19-6-4-3-5-7-19;/h3-13,16H,14-15H2,1-2H3;1H/q+1;/p-1. The maximum atomic E-state index is 3.52. The van der Waals surface area contributed by atoms with Crippen molar-refractivity contribution < 1.29 is 21.5 Å². The van der Waals surface area contributed by atoms with Crippen molar-refractivity contribution in [2.24, 2.45) is 0 Å². The lowest BCUT2D eigenvalue weighted by Gasteiger charge is -2.02. The average Bonchev–Trinajstić information content (AvgIpc) is 2.95. The zero-order chi connectivity index (χ0) is 18.1. The number of aromatic nitrogens is 2. The van der Waals surface area contributed by atoms with Gasteiger partial charge in [-0.05, 0) is 60.4 Å². The number of hydrogen-bond acceptors (Lipinski definition) is 0. The van der Waals surface area contributed by atoms with E-state index in [2.05, 4.69) is 112 Å². The summed E-state index contributed by atoms with van der Waals surface area (Å²) in [6.45, 7) is 6.13. The fourth-order valence-corrected chi connectivity index (χ4v) is 3.62. The molecule has 4 rings (SSSR count). The van der Waals surface area contributed by atoms with E-state index in [9.17, 15) is 0 Å². The van der Waals surface area contributed by atoms with E-state index in [-0.39, 0.29) is 17.0 Å². The normalized spacial score (nSPS) is 10.8. The number of benzene rings is 3. The first-order valence-electron chi connectivity index (χ1n) is 8.88. The fourth-order valence-electron chi connectivity index (χ4n) is 3.36. The van der Waals surface area contributed by atoms with Crippen molar-refractivity contribution in [1.29, 1.82) is 0 Å². The van der Waals surface area contributed by atoms with E-state index in [1.807, 2.05) is 0 Å². The fraction of sp³-hybridized carbons (Fsp3) is 0.174. The minimum Gasteiger partial charge on any atom is -1.00 e.